The summed E-state index contributed by atoms with van der Waals surface area (Å²) in [5.41, 5.74) is -0.277. The summed E-state index contributed by atoms with van der Waals surface area (Å²) in [5, 5.41) is 0. The second kappa shape index (κ2) is 4.01. The molecule has 0 aliphatic rings. The highest BCUT2D eigenvalue weighted by atomic mass is 35.5. The van der Waals surface area contributed by atoms with Crippen LogP contribution in [0.15, 0.2) is 11.6 Å². The maximum Gasteiger partial charge on any atom is 0.460 e. The van der Waals surface area contributed by atoms with E-state index in [0.717, 1.165) is 0 Å². The van der Waals surface area contributed by atoms with Crippen molar-refractivity contribution in [3.8, 4) is 0 Å². The largest absolute Gasteiger partial charge is 0.460 e. The lowest BCUT2D eigenvalue weighted by molar-refractivity contribution is -0.388. The molecular weight excluding hydrogens is 279 g/mol. The van der Waals surface area contributed by atoms with Crippen molar-refractivity contribution in [1.29, 1.82) is 0 Å². The van der Waals surface area contributed by atoms with Gasteiger partial charge in [-0.1, -0.05) is 11.6 Å². The molecule has 10 heteroatoms. The summed E-state index contributed by atoms with van der Waals surface area (Å²) in [6, 6.07) is 0. The molecule has 0 fully saturated rings. The second-order valence-corrected chi connectivity index (χ2v) is 2.81. The van der Waals surface area contributed by atoms with Crippen LogP contribution in [0.4, 0.5) is 39.5 Å². The van der Waals surface area contributed by atoms with Crippen LogP contribution in [0.2, 0.25) is 0 Å². The maximum absolute atomic E-state index is 12.3. The molecule has 0 rings (SSSR count). The fourth-order valence-electron chi connectivity index (χ4n) is 0.571. The molecule has 0 saturated heterocycles. The number of halogens is 10. The zero-order valence-electron chi connectivity index (χ0n) is 6.93. The summed E-state index contributed by atoms with van der Waals surface area (Å²) in [4.78, 5) is 0. The predicted molar refractivity (Wildman–Crippen MR) is 35.9 cm³/mol. The summed E-state index contributed by atoms with van der Waals surface area (Å²) >= 11 is 4.44. The maximum atomic E-state index is 12.3. The molecule has 0 nitrogen and oxygen atoms in total. The molecule has 0 radical (unpaired) electrons. The lowest BCUT2D eigenvalue weighted by Gasteiger charge is -2.31. The Morgan fingerprint density at radius 2 is 1.06 bits per heavy atom. The lowest BCUT2D eigenvalue weighted by atomic mass is 10.0. The minimum atomic E-state index is -6.88. The summed E-state index contributed by atoms with van der Waals surface area (Å²) in [6.45, 7) is 0. The van der Waals surface area contributed by atoms with Crippen LogP contribution in [0, 0.1) is 0 Å². The molecule has 0 aromatic heterocycles. The Labute approximate surface area is 87.7 Å². The number of hydrogen-bond acceptors (Lipinski definition) is 0. The number of rotatable bonds is 3. The number of allylic oxidation sites excluding steroid dienone is 1. The van der Waals surface area contributed by atoms with E-state index in [1.165, 1.54) is 0 Å². The zero-order chi connectivity index (χ0) is 13.4. The Morgan fingerprint density at radius 3 is 1.31 bits per heavy atom. The van der Waals surface area contributed by atoms with E-state index in [-0.39, 0.29) is 5.54 Å². The smallest absolute Gasteiger partial charge is 0.195 e. The summed E-state index contributed by atoms with van der Waals surface area (Å²) in [6.07, 6.45) is -7.76. The first-order valence-electron chi connectivity index (χ1n) is 3.29. The molecule has 0 aliphatic heterocycles. The fourth-order valence-corrected chi connectivity index (χ4v) is 0.729. The Bertz CT molecular complexity index is 276. The third-order valence-electron chi connectivity index (χ3n) is 1.44. The Kier molecular flexibility index (Phi) is 3.86. The van der Waals surface area contributed by atoms with E-state index < -0.39 is 30.0 Å². The number of hydrogen-bond donors (Lipinski definition) is 0. The summed E-state index contributed by atoms with van der Waals surface area (Å²) in [5.74, 6) is -19.2. The molecule has 0 heterocycles. The average molecular weight is 281 g/mol. The van der Waals surface area contributed by atoms with Crippen molar-refractivity contribution in [3.63, 3.8) is 0 Å². The van der Waals surface area contributed by atoms with Gasteiger partial charge in [0.25, 0.3) is 0 Å². The first-order valence-corrected chi connectivity index (χ1v) is 3.73. The van der Waals surface area contributed by atoms with E-state index >= 15 is 0 Å². The molecule has 0 aromatic rings. The predicted octanol–water partition coefficient (Wildman–Crippen LogP) is 4.21. The highest BCUT2D eigenvalue weighted by Gasteiger charge is 2.81. The summed E-state index contributed by atoms with van der Waals surface area (Å²) < 4.78 is 108. The van der Waals surface area contributed by atoms with E-state index in [1.807, 2.05) is 0 Å². The van der Waals surface area contributed by atoms with E-state index in [4.69, 9.17) is 0 Å². The first kappa shape index (κ1) is 15.4. The van der Waals surface area contributed by atoms with Crippen molar-refractivity contribution in [2.45, 2.75) is 23.9 Å². The van der Waals surface area contributed by atoms with Crippen molar-refractivity contribution in [2.24, 2.45) is 0 Å². The number of alkyl halides is 9. The van der Waals surface area contributed by atoms with Gasteiger partial charge in [-0.15, -0.1) is 0 Å². The van der Waals surface area contributed by atoms with Crippen molar-refractivity contribution < 1.29 is 39.5 Å². The SMILES string of the molecule is FC(F)(F)C(F)(F)C(F)(F)C(F)(F)/C=C/Cl. The van der Waals surface area contributed by atoms with Crippen LogP contribution < -0.4 is 0 Å². The van der Waals surface area contributed by atoms with Crippen LogP contribution in [0.5, 0.6) is 0 Å². The van der Waals surface area contributed by atoms with Gasteiger partial charge in [0.2, 0.25) is 0 Å². The third kappa shape index (κ3) is 2.23. The molecule has 16 heavy (non-hydrogen) atoms. The highest BCUT2D eigenvalue weighted by Crippen LogP contribution is 2.53. The van der Waals surface area contributed by atoms with Gasteiger partial charge in [-0.3, -0.25) is 0 Å². The van der Waals surface area contributed by atoms with E-state index in [0.29, 0.717) is 0 Å². The molecule has 0 spiro atoms. The third-order valence-corrected chi connectivity index (χ3v) is 1.57. The summed E-state index contributed by atoms with van der Waals surface area (Å²) in [7, 11) is 0. The van der Waals surface area contributed by atoms with Crippen molar-refractivity contribution in [2.75, 3.05) is 0 Å². The molecule has 0 saturated carbocycles. The van der Waals surface area contributed by atoms with Gasteiger partial charge in [-0.25, -0.2) is 0 Å². The van der Waals surface area contributed by atoms with Crippen LogP contribution in [-0.4, -0.2) is 23.9 Å². The molecule has 0 bridgehead atoms. The molecule has 96 valence electrons. The first-order chi connectivity index (χ1) is 6.81. The highest BCUT2D eigenvalue weighted by molar-refractivity contribution is 6.25. The van der Waals surface area contributed by atoms with Gasteiger partial charge < -0.3 is 0 Å². The fraction of sp³-hybridized carbons (Fsp3) is 0.667. The van der Waals surface area contributed by atoms with E-state index in [1.54, 1.807) is 0 Å². The Hall–Kier alpha value is -0.600. The normalized spacial score (nSPS) is 15.9. The quantitative estimate of drug-likeness (QED) is 0.680. The van der Waals surface area contributed by atoms with Gasteiger partial charge in [-0.05, 0) is 0 Å². The van der Waals surface area contributed by atoms with E-state index in [9.17, 15) is 39.5 Å². The van der Waals surface area contributed by atoms with Crippen LogP contribution in [-0.2, 0) is 0 Å². The standard InChI is InChI=1S/C6H2ClF9/c7-2-1-3(8,9)4(10,11)5(12,13)6(14,15)16/h1-2H/b2-1+. The van der Waals surface area contributed by atoms with Crippen LogP contribution >= 0.6 is 11.6 Å². The van der Waals surface area contributed by atoms with Gasteiger partial charge in [-0.2, -0.15) is 39.5 Å². The molecule has 0 atom stereocenters. The van der Waals surface area contributed by atoms with Crippen LogP contribution in [0.1, 0.15) is 0 Å². The molecule has 0 unspecified atom stereocenters. The van der Waals surface area contributed by atoms with Crippen LogP contribution in [0.3, 0.4) is 0 Å². The van der Waals surface area contributed by atoms with Crippen molar-refractivity contribution >= 4 is 11.6 Å². The lowest BCUT2D eigenvalue weighted by Crippen LogP contribution is -2.60. The Morgan fingerprint density at radius 1 is 0.688 bits per heavy atom. The van der Waals surface area contributed by atoms with E-state index in [2.05, 4.69) is 11.6 Å². The van der Waals surface area contributed by atoms with Crippen molar-refractivity contribution in [1.82, 2.24) is 0 Å². The minimum absolute atomic E-state index is 0.277. The molecule has 0 aliphatic carbocycles. The Balaban J connectivity index is 5.52. The zero-order valence-corrected chi connectivity index (χ0v) is 7.69. The molecule has 0 N–H and O–H groups in total. The van der Waals surface area contributed by atoms with Gasteiger partial charge in [0.1, 0.15) is 0 Å². The van der Waals surface area contributed by atoms with Crippen molar-refractivity contribution in [3.05, 3.63) is 11.6 Å². The monoisotopic (exact) mass is 280 g/mol. The molecular formula is C6H2ClF9. The molecule has 0 amide bonds. The van der Waals surface area contributed by atoms with Gasteiger partial charge in [0.05, 0.1) is 0 Å². The van der Waals surface area contributed by atoms with Gasteiger partial charge in [0.15, 0.2) is 0 Å². The topological polar surface area (TPSA) is 0 Å². The molecule has 0 aromatic carbocycles. The van der Waals surface area contributed by atoms with Gasteiger partial charge >= 0.3 is 23.9 Å². The van der Waals surface area contributed by atoms with Crippen LogP contribution in [0.25, 0.3) is 0 Å². The second-order valence-electron chi connectivity index (χ2n) is 2.56. The average Bonchev–Trinajstić information content (AvgIpc) is 2.01. The van der Waals surface area contributed by atoms with Gasteiger partial charge in [0, 0.05) is 11.6 Å². The minimum Gasteiger partial charge on any atom is -0.195 e.